The van der Waals surface area contributed by atoms with Gasteiger partial charge in [-0.15, -0.1) is 0 Å². The Hall–Kier alpha value is -2.04. The molecule has 1 heterocycles. The molecule has 1 amide bonds. The largest absolute Gasteiger partial charge is 0.495 e. The Morgan fingerprint density at radius 3 is 2.84 bits per heavy atom. The Labute approximate surface area is 153 Å². The van der Waals surface area contributed by atoms with Crippen LogP contribution >= 0.6 is 11.6 Å². The molecule has 0 unspecified atom stereocenters. The molecule has 0 bridgehead atoms. The minimum Gasteiger partial charge on any atom is -0.495 e. The topological polar surface area (TPSA) is 41.6 Å². The molecule has 0 aromatic heterocycles. The first kappa shape index (κ1) is 17.8. The number of halogens is 1. The summed E-state index contributed by atoms with van der Waals surface area (Å²) in [6.45, 7) is 2.67. The number of nitrogens with one attached hydrogen (secondary N) is 1. The van der Waals surface area contributed by atoms with Gasteiger partial charge in [0.25, 0.3) is 0 Å². The first-order valence-corrected chi connectivity index (χ1v) is 8.94. The van der Waals surface area contributed by atoms with E-state index in [-0.39, 0.29) is 11.8 Å². The number of hydrogen-bond donors (Lipinski definition) is 1. The number of nitrogens with zero attached hydrogens (tertiary/aromatic N) is 1. The number of likely N-dealkylation sites (tertiary alicyclic amines) is 1. The molecule has 1 saturated heterocycles. The normalized spacial score (nSPS) is 17.9. The van der Waals surface area contributed by atoms with Gasteiger partial charge >= 0.3 is 0 Å². The van der Waals surface area contributed by atoms with E-state index in [1.807, 2.05) is 6.07 Å². The number of carbonyl (C=O) groups is 1. The Balaban J connectivity index is 1.63. The molecule has 132 valence electrons. The molecule has 0 saturated carbocycles. The molecule has 1 N–H and O–H groups in total. The van der Waals surface area contributed by atoms with Crippen molar-refractivity contribution < 1.29 is 9.53 Å². The summed E-state index contributed by atoms with van der Waals surface area (Å²) in [6, 6.07) is 15.6. The number of ether oxygens (including phenoxy) is 1. The quantitative estimate of drug-likeness (QED) is 0.870. The predicted molar refractivity (Wildman–Crippen MR) is 101 cm³/mol. The van der Waals surface area contributed by atoms with Gasteiger partial charge in [0.05, 0.1) is 18.7 Å². The summed E-state index contributed by atoms with van der Waals surface area (Å²) in [5.41, 5.74) is 1.90. The maximum absolute atomic E-state index is 12.7. The van der Waals surface area contributed by atoms with Crippen molar-refractivity contribution in [2.45, 2.75) is 19.4 Å². The highest BCUT2D eigenvalue weighted by molar-refractivity contribution is 6.31. The number of rotatable bonds is 5. The maximum atomic E-state index is 12.7. The third kappa shape index (κ3) is 4.74. The van der Waals surface area contributed by atoms with Crippen LogP contribution in [0.3, 0.4) is 0 Å². The van der Waals surface area contributed by atoms with Gasteiger partial charge in [0, 0.05) is 18.1 Å². The number of amides is 1. The molecule has 5 heteroatoms. The van der Waals surface area contributed by atoms with Crippen molar-refractivity contribution in [1.82, 2.24) is 4.90 Å². The van der Waals surface area contributed by atoms with Crippen molar-refractivity contribution in [3.05, 3.63) is 59.1 Å². The summed E-state index contributed by atoms with van der Waals surface area (Å²) in [4.78, 5) is 15.1. The molecule has 1 fully saturated rings. The zero-order valence-electron chi connectivity index (χ0n) is 14.4. The van der Waals surface area contributed by atoms with Crippen LogP contribution in [0.15, 0.2) is 48.5 Å². The van der Waals surface area contributed by atoms with Crippen LogP contribution in [0.4, 0.5) is 5.69 Å². The van der Waals surface area contributed by atoms with Crippen LogP contribution in [-0.2, 0) is 11.3 Å². The molecular weight excluding hydrogens is 336 g/mol. The highest BCUT2D eigenvalue weighted by Gasteiger charge is 2.26. The lowest BCUT2D eigenvalue weighted by Crippen LogP contribution is -2.40. The fourth-order valence-electron chi connectivity index (χ4n) is 3.27. The Morgan fingerprint density at radius 1 is 1.28 bits per heavy atom. The fraction of sp³-hybridized carbons (Fsp3) is 0.350. The lowest BCUT2D eigenvalue weighted by atomic mass is 9.96. The van der Waals surface area contributed by atoms with Crippen LogP contribution in [0.25, 0.3) is 0 Å². The van der Waals surface area contributed by atoms with Gasteiger partial charge in [-0.05, 0) is 43.1 Å². The molecule has 0 spiro atoms. The Kier molecular flexibility index (Phi) is 5.95. The average Bonchev–Trinajstić information content (AvgIpc) is 2.63. The minimum atomic E-state index is -0.0267. The van der Waals surface area contributed by atoms with E-state index in [0.717, 1.165) is 32.5 Å². The number of benzene rings is 2. The van der Waals surface area contributed by atoms with Crippen LogP contribution in [0.1, 0.15) is 18.4 Å². The molecule has 0 radical (unpaired) electrons. The fourth-order valence-corrected chi connectivity index (χ4v) is 3.44. The van der Waals surface area contributed by atoms with E-state index >= 15 is 0 Å². The molecular formula is C20H23ClN2O2. The van der Waals surface area contributed by atoms with E-state index in [0.29, 0.717) is 16.5 Å². The summed E-state index contributed by atoms with van der Waals surface area (Å²) in [5.74, 6) is 0.620. The van der Waals surface area contributed by atoms with Crippen LogP contribution in [-0.4, -0.2) is 31.0 Å². The number of hydrogen-bond acceptors (Lipinski definition) is 3. The Bertz CT molecular complexity index is 721. The number of piperidine rings is 1. The van der Waals surface area contributed by atoms with Gasteiger partial charge in [0.2, 0.25) is 5.91 Å². The highest BCUT2D eigenvalue weighted by Crippen LogP contribution is 2.29. The van der Waals surface area contributed by atoms with E-state index in [2.05, 4.69) is 34.5 Å². The van der Waals surface area contributed by atoms with Gasteiger partial charge in [-0.1, -0.05) is 41.9 Å². The molecule has 3 rings (SSSR count). The van der Waals surface area contributed by atoms with Crippen LogP contribution in [0.2, 0.25) is 5.02 Å². The third-order valence-corrected chi connectivity index (χ3v) is 4.78. The van der Waals surface area contributed by atoms with Crippen molar-refractivity contribution in [1.29, 1.82) is 0 Å². The SMILES string of the molecule is COc1ccc(Cl)cc1NC(=O)[C@@H]1CCCN(Cc2ccccc2)C1. The summed E-state index contributed by atoms with van der Waals surface area (Å²) in [7, 11) is 1.58. The molecule has 0 aliphatic carbocycles. The predicted octanol–water partition coefficient (Wildman–Crippen LogP) is 4.20. The lowest BCUT2D eigenvalue weighted by molar-refractivity contribution is -0.121. The first-order valence-electron chi connectivity index (χ1n) is 8.56. The number of carbonyl (C=O) groups excluding carboxylic acids is 1. The van der Waals surface area contributed by atoms with Crippen LogP contribution < -0.4 is 10.1 Å². The second-order valence-electron chi connectivity index (χ2n) is 6.39. The van der Waals surface area contributed by atoms with E-state index in [9.17, 15) is 4.79 Å². The van der Waals surface area contributed by atoms with E-state index in [1.165, 1.54) is 5.56 Å². The standard InChI is InChI=1S/C20H23ClN2O2/c1-25-19-10-9-17(21)12-18(19)22-20(24)16-8-5-11-23(14-16)13-15-6-3-2-4-7-15/h2-4,6-7,9-10,12,16H,5,8,11,13-14H2,1H3,(H,22,24)/t16-/m1/s1. The van der Waals surface area contributed by atoms with E-state index in [1.54, 1.807) is 25.3 Å². The van der Waals surface area contributed by atoms with E-state index < -0.39 is 0 Å². The number of methoxy groups -OCH3 is 1. The molecule has 2 aromatic carbocycles. The van der Waals surface area contributed by atoms with Crippen molar-refractivity contribution in [2.75, 3.05) is 25.5 Å². The van der Waals surface area contributed by atoms with Gasteiger partial charge in [-0.25, -0.2) is 0 Å². The second kappa shape index (κ2) is 8.37. The van der Waals surface area contributed by atoms with Gasteiger partial charge in [-0.2, -0.15) is 0 Å². The zero-order valence-corrected chi connectivity index (χ0v) is 15.1. The summed E-state index contributed by atoms with van der Waals surface area (Å²) >= 11 is 6.04. The van der Waals surface area contributed by atoms with Crippen molar-refractivity contribution in [3.8, 4) is 5.75 Å². The van der Waals surface area contributed by atoms with Gasteiger partial charge in [0.15, 0.2) is 0 Å². The van der Waals surface area contributed by atoms with Crippen molar-refractivity contribution in [2.24, 2.45) is 5.92 Å². The maximum Gasteiger partial charge on any atom is 0.228 e. The highest BCUT2D eigenvalue weighted by atomic mass is 35.5. The zero-order chi connectivity index (χ0) is 17.6. The minimum absolute atomic E-state index is 0.0262. The molecule has 1 aliphatic heterocycles. The lowest BCUT2D eigenvalue weighted by Gasteiger charge is -2.32. The van der Waals surface area contributed by atoms with E-state index in [4.69, 9.17) is 16.3 Å². The van der Waals surface area contributed by atoms with Crippen LogP contribution in [0, 0.1) is 5.92 Å². The monoisotopic (exact) mass is 358 g/mol. The van der Waals surface area contributed by atoms with Gasteiger partial charge < -0.3 is 10.1 Å². The van der Waals surface area contributed by atoms with Gasteiger partial charge in [-0.3, -0.25) is 9.69 Å². The average molecular weight is 359 g/mol. The first-order chi connectivity index (χ1) is 12.2. The second-order valence-corrected chi connectivity index (χ2v) is 6.83. The molecule has 1 aliphatic rings. The molecule has 4 nitrogen and oxygen atoms in total. The Morgan fingerprint density at radius 2 is 2.08 bits per heavy atom. The molecule has 25 heavy (non-hydrogen) atoms. The summed E-state index contributed by atoms with van der Waals surface area (Å²) < 4.78 is 5.30. The summed E-state index contributed by atoms with van der Waals surface area (Å²) in [5, 5.41) is 3.56. The van der Waals surface area contributed by atoms with Crippen molar-refractivity contribution >= 4 is 23.2 Å². The molecule has 2 aromatic rings. The van der Waals surface area contributed by atoms with Crippen molar-refractivity contribution in [3.63, 3.8) is 0 Å². The summed E-state index contributed by atoms with van der Waals surface area (Å²) in [6.07, 6.45) is 1.93. The third-order valence-electron chi connectivity index (χ3n) is 4.54. The van der Waals surface area contributed by atoms with Crippen LogP contribution in [0.5, 0.6) is 5.75 Å². The number of anilines is 1. The smallest absolute Gasteiger partial charge is 0.228 e. The molecule has 1 atom stereocenters. The van der Waals surface area contributed by atoms with Gasteiger partial charge in [0.1, 0.15) is 5.75 Å².